The molecule has 0 aliphatic carbocycles. The fourth-order valence-corrected chi connectivity index (χ4v) is 4.54. The van der Waals surface area contributed by atoms with Gasteiger partial charge in [0.1, 0.15) is 24.7 Å². The maximum Gasteiger partial charge on any atom is 0.498 e. The summed E-state index contributed by atoms with van der Waals surface area (Å²) in [6, 6.07) is 31.1. The molecule has 4 nitrogen and oxygen atoms in total. The van der Waals surface area contributed by atoms with E-state index in [9.17, 15) is 0 Å². The SMILES string of the molecule is CC1(C)OB(c2ccc(Cl)cc2OCc2ccccc2)OC1(C)C.Clc1ccc(Br)c(OCc2ccccc2)c1. The van der Waals surface area contributed by atoms with E-state index in [4.69, 9.17) is 42.0 Å². The normalized spacial score (nSPS) is 15.2. The fraction of sp³-hybridized carbons (Fsp3) is 0.250. The Labute approximate surface area is 255 Å². The molecule has 5 rings (SSSR count). The second-order valence-corrected chi connectivity index (χ2v) is 12.1. The summed E-state index contributed by atoms with van der Waals surface area (Å²) >= 11 is 15.5. The first-order valence-corrected chi connectivity index (χ1v) is 14.5. The maximum atomic E-state index is 6.16. The van der Waals surface area contributed by atoms with Gasteiger partial charge in [-0.25, -0.2) is 0 Å². The third kappa shape index (κ3) is 8.05. The lowest BCUT2D eigenvalue weighted by Gasteiger charge is -2.32. The lowest BCUT2D eigenvalue weighted by molar-refractivity contribution is 0.00578. The molecule has 8 heteroatoms. The Morgan fingerprint density at radius 2 is 1.10 bits per heavy atom. The van der Waals surface area contributed by atoms with Crippen LogP contribution < -0.4 is 14.9 Å². The standard InChI is InChI=1S/C19H22BClO3.C13H10BrClO/c1-18(2)19(3,4)24-20(23-18)16-11-10-15(21)12-17(16)22-13-14-8-6-5-7-9-14;14-12-7-6-11(15)8-13(12)16-9-10-4-2-1-3-5-10/h5-12H,13H2,1-4H3;1-8H,9H2. The van der Waals surface area contributed by atoms with Crippen molar-refractivity contribution in [1.82, 2.24) is 0 Å². The van der Waals surface area contributed by atoms with Crippen LogP contribution in [0.5, 0.6) is 11.5 Å². The molecule has 0 bridgehead atoms. The first kappa shape index (κ1) is 30.5. The van der Waals surface area contributed by atoms with Gasteiger partial charge in [-0.15, -0.1) is 0 Å². The summed E-state index contributed by atoms with van der Waals surface area (Å²) < 4.78 is 24.9. The van der Waals surface area contributed by atoms with Crippen LogP contribution >= 0.6 is 39.1 Å². The van der Waals surface area contributed by atoms with Gasteiger partial charge in [0.25, 0.3) is 0 Å². The first-order valence-electron chi connectivity index (χ1n) is 13.0. The monoisotopic (exact) mass is 640 g/mol. The minimum absolute atomic E-state index is 0.395. The van der Waals surface area contributed by atoms with Gasteiger partial charge in [-0.2, -0.15) is 0 Å². The van der Waals surface area contributed by atoms with Crippen LogP contribution in [0.25, 0.3) is 0 Å². The molecule has 0 atom stereocenters. The summed E-state index contributed by atoms with van der Waals surface area (Å²) in [5.41, 5.74) is 2.29. The molecule has 0 saturated carbocycles. The molecule has 0 aromatic heterocycles. The molecule has 1 saturated heterocycles. The predicted molar refractivity (Wildman–Crippen MR) is 168 cm³/mol. The van der Waals surface area contributed by atoms with Crippen molar-refractivity contribution in [3.63, 3.8) is 0 Å². The molecule has 208 valence electrons. The Morgan fingerprint density at radius 1 is 0.650 bits per heavy atom. The average Bonchev–Trinajstić information content (AvgIpc) is 3.15. The summed E-state index contributed by atoms with van der Waals surface area (Å²) in [7, 11) is -0.474. The van der Waals surface area contributed by atoms with Crippen molar-refractivity contribution in [2.45, 2.75) is 52.1 Å². The summed E-state index contributed by atoms with van der Waals surface area (Å²) in [6.45, 7) is 9.15. The highest BCUT2D eigenvalue weighted by Gasteiger charge is 2.52. The van der Waals surface area contributed by atoms with Crippen LogP contribution in [0.2, 0.25) is 10.0 Å². The number of benzene rings is 4. The summed E-state index contributed by atoms with van der Waals surface area (Å²) in [5.74, 6) is 1.45. The van der Waals surface area contributed by atoms with Gasteiger partial charge in [-0.05, 0) is 85.1 Å². The van der Waals surface area contributed by atoms with Crippen molar-refractivity contribution in [1.29, 1.82) is 0 Å². The Bertz CT molecular complexity index is 1380. The molecule has 1 aliphatic rings. The third-order valence-electron chi connectivity index (χ3n) is 6.85. The van der Waals surface area contributed by atoms with E-state index in [0.717, 1.165) is 26.8 Å². The van der Waals surface area contributed by atoms with Crippen LogP contribution in [-0.4, -0.2) is 18.3 Å². The van der Waals surface area contributed by atoms with Gasteiger partial charge in [0.05, 0.1) is 15.7 Å². The Kier molecular flexibility index (Phi) is 10.3. The number of halogens is 3. The molecular weight excluding hydrogens is 610 g/mol. The Hall–Kier alpha value is -2.48. The smallest absolute Gasteiger partial charge is 0.489 e. The lowest BCUT2D eigenvalue weighted by Crippen LogP contribution is -2.41. The van der Waals surface area contributed by atoms with Crippen molar-refractivity contribution in [2.75, 3.05) is 0 Å². The molecule has 0 unspecified atom stereocenters. The Balaban J connectivity index is 0.000000201. The zero-order valence-electron chi connectivity index (χ0n) is 23.0. The average molecular weight is 642 g/mol. The molecule has 40 heavy (non-hydrogen) atoms. The molecule has 1 fully saturated rings. The van der Waals surface area contributed by atoms with Gasteiger partial charge in [-0.3, -0.25) is 0 Å². The zero-order valence-corrected chi connectivity index (χ0v) is 26.1. The molecule has 4 aromatic rings. The predicted octanol–water partition coefficient (Wildman–Crippen LogP) is 8.90. The van der Waals surface area contributed by atoms with Gasteiger partial charge in [0, 0.05) is 15.5 Å². The van der Waals surface area contributed by atoms with Crippen LogP contribution in [0.1, 0.15) is 38.8 Å². The third-order valence-corrected chi connectivity index (χ3v) is 7.98. The molecule has 0 spiro atoms. The number of ether oxygens (including phenoxy) is 2. The molecular formula is C32H32BBrCl2O4. The van der Waals surface area contributed by atoms with Gasteiger partial charge in [-0.1, -0.05) is 89.9 Å². The highest BCUT2D eigenvalue weighted by Crippen LogP contribution is 2.37. The minimum atomic E-state index is -0.474. The van der Waals surface area contributed by atoms with Crippen LogP contribution in [0.4, 0.5) is 0 Å². The van der Waals surface area contributed by atoms with Crippen LogP contribution in [0.3, 0.4) is 0 Å². The van der Waals surface area contributed by atoms with Gasteiger partial charge >= 0.3 is 7.12 Å². The largest absolute Gasteiger partial charge is 0.498 e. The van der Waals surface area contributed by atoms with E-state index in [0.29, 0.717) is 29.0 Å². The molecule has 0 amide bonds. The van der Waals surface area contributed by atoms with Crippen molar-refractivity contribution in [3.05, 3.63) is 123 Å². The van der Waals surface area contributed by atoms with Crippen LogP contribution in [-0.2, 0) is 22.5 Å². The van der Waals surface area contributed by atoms with Crippen LogP contribution in [0.15, 0.2) is 102 Å². The second-order valence-electron chi connectivity index (χ2n) is 10.4. The van der Waals surface area contributed by atoms with E-state index in [1.165, 1.54) is 0 Å². The van der Waals surface area contributed by atoms with E-state index < -0.39 is 18.3 Å². The second kappa shape index (κ2) is 13.5. The number of hydrogen-bond acceptors (Lipinski definition) is 4. The lowest BCUT2D eigenvalue weighted by atomic mass is 9.78. The van der Waals surface area contributed by atoms with Crippen molar-refractivity contribution in [3.8, 4) is 11.5 Å². The highest BCUT2D eigenvalue weighted by molar-refractivity contribution is 9.10. The zero-order chi connectivity index (χ0) is 28.8. The summed E-state index contributed by atoms with van der Waals surface area (Å²) in [4.78, 5) is 0. The maximum absolute atomic E-state index is 6.16. The quantitative estimate of drug-likeness (QED) is 0.189. The molecule has 4 aromatic carbocycles. The van der Waals surface area contributed by atoms with Gasteiger partial charge in [0.2, 0.25) is 0 Å². The number of hydrogen-bond donors (Lipinski definition) is 0. The summed E-state index contributed by atoms with van der Waals surface area (Å²) in [5, 5.41) is 1.30. The van der Waals surface area contributed by atoms with Crippen LogP contribution in [0, 0.1) is 0 Å². The first-order chi connectivity index (χ1) is 19.0. The van der Waals surface area contributed by atoms with E-state index >= 15 is 0 Å². The molecule has 1 heterocycles. The highest BCUT2D eigenvalue weighted by atomic mass is 79.9. The van der Waals surface area contributed by atoms with E-state index in [1.807, 2.05) is 119 Å². The van der Waals surface area contributed by atoms with Gasteiger partial charge < -0.3 is 18.8 Å². The Morgan fingerprint density at radius 3 is 1.62 bits per heavy atom. The van der Waals surface area contributed by atoms with E-state index in [2.05, 4.69) is 15.9 Å². The molecule has 0 N–H and O–H groups in total. The van der Waals surface area contributed by atoms with Crippen molar-refractivity contribution < 1.29 is 18.8 Å². The fourth-order valence-electron chi connectivity index (χ4n) is 3.86. The summed E-state index contributed by atoms with van der Waals surface area (Å²) in [6.07, 6.45) is 0. The van der Waals surface area contributed by atoms with E-state index in [-0.39, 0.29) is 0 Å². The van der Waals surface area contributed by atoms with Crippen molar-refractivity contribution in [2.24, 2.45) is 0 Å². The molecule has 1 aliphatic heterocycles. The number of rotatable bonds is 7. The van der Waals surface area contributed by atoms with E-state index in [1.54, 1.807) is 6.07 Å². The molecule has 0 radical (unpaired) electrons. The van der Waals surface area contributed by atoms with Crippen molar-refractivity contribution >= 4 is 51.7 Å². The topological polar surface area (TPSA) is 36.9 Å². The minimum Gasteiger partial charge on any atom is -0.489 e. The van der Waals surface area contributed by atoms with Gasteiger partial charge in [0.15, 0.2) is 0 Å².